The van der Waals surface area contributed by atoms with Gasteiger partial charge in [-0.1, -0.05) is 25.7 Å². The summed E-state index contributed by atoms with van der Waals surface area (Å²) in [4.78, 5) is 50.6. The smallest absolute Gasteiger partial charge is 0.326 e. The first kappa shape index (κ1) is 27.7. The Morgan fingerprint density at radius 3 is 2.38 bits per heavy atom. The molecule has 1 fully saturated rings. The number of unbranched alkanes of at least 4 members (excludes halogenated alkanes) is 5. The molecule has 5 atom stereocenters. The Labute approximate surface area is 195 Å². The van der Waals surface area contributed by atoms with E-state index in [0.717, 1.165) is 38.2 Å². The summed E-state index contributed by atoms with van der Waals surface area (Å²) in [7, 11) is 1.36. The van der Waals surface area contributed by atoms with Gasteiger partial charge in [-0.25, -0.2) is 4.79 Å². The maximum absolute atomic E-state index is 12.5. The van der Waals surface area contributed by atoms with Crippen molar-refractivity contribution in [2.45, 2.75) is 75.6 Å². The van der Waals surface area contributed by atoms with E-state index in [1.54, 1.807) is 0 Å². The van der Waals surface area contributed by atoms with Crippen molar-refractivity contribution in [2.24, 2.45) is 0 Å². The molecule has 1 amide bonds. The molecule has 192 valence electrons. The van der Waals surface area contributed by atoms with E-state index in [1.807, 2.05) is 4.98 Å². The van der Waals surface area contributed by atoms with Crippen LogP contribution in [0.5, 0.6) is 0 Å². The summed E-state index contributed by atoms with van der Waals surface area (Å²) < 4.78 is 15.8. The number of aliphatic hydroxyl groups is 3. The SMILES string of the molecule is COC(=O)CCCCCCCCO[C@@H]1OC(CO)[C@H](O)C(O)C1NC(=O)c1cc(=O)[nH]c(=O)[nH]1. The van der Waals surface area contributed by atoms with Gasteiger partial charge in [0.1, 0.15) is 30.0 Å². The Balaban J connectivity index is 1.87. The molecule has 2 heterocycles. The highest BCUT2D eigenvalue weighted by atomic mass is 16.7. The predicted molar refractivity (Wildman–Crippen MR) is 117 cm³/mol. The highest BCUT2D eigenvalue weighted by molar-refractivity contribution is 5.92. The second kappa shape index (κ2) is 14.0. The van der Waals surface area contributed by atoms with Crippen molar-refractivity contribution in [1.29, 1.82) is 0 Å². The summed E-state index contributed by atoms with van der Waals surface area (Å²) in [5.41, 5.74) is -2.00. The predicted octanol–water partition coefficient (Wildman–Crippen LogP) is -1.48. The van der Waals surface area contributed by atoms with Crippen LogP contribution in [0.25, 0.3) is 0 Å². The third-order valence-corrected chi connectivity index (χ3v) is 5.47. The fourth-order valence-electron chi connectivity index (χ4n) is 3.58. The minimum Gasteiger partial charge on any atom is -0.469 e. The number of rotatable bonds is 13. The number of H-pyrrole nitrogens is 2. The molecule has 1 saturated heterocycles. The van der Waals surface area contributed by atoms with Crippen LogP contribution in [-0.4, -0.2) is 88.1 Å². The van der Waals surface area contributed by atoms with Crippen molar-refractivity contribution in [3.8, 4) is 0 Å². The van der Waals surface area contributed by atoms with Gasteiger partial charge in [0, 0.05) is 19.1 Å². The molecule has 3 unspecified atom stereocenters. The zero-order valence-electron chi connectivity index (χ0n) is 19.0. The molecule has 13 nitrogen and oxygen atoms in total. The van der Waals surface area contributed by atoms with Crippen molar-refractivity contribution < 1.29 is 39.1 Å². The van der Waals surface area contributed by atoms with Crippen LogP contribution in [0.3, 0.4) is 0 Å². The largest absolute Gasteiger partial charge is 0.469 e. The van der Waals surface area contributed by atoms with Gasteiger partial charge in [0.25, 0.3) is 11.5 Å². The maximum atomic E-state index is 12.5. The average Bonchev–Trinajstić information content (AvgIpc) is 2.81. The van der Waals surface area contributed by atoms with E-state index in [0.29, 0.717) is 12.8 Å². The van der Waals surface area contributed by atoms with E-state index in [1.165, 1.54) is 7.11 Å². The Hall–Kier alpha value is -2.58. The lowest BCUT2D eigenvalue weighted by Crippen LogP contribution is -2.64. The van der Waals surface area contributed by atoms with E-state index in [4.69, 9.17) is 9.47 Å². The van der Waals surface area contributed by atoms with Gasteiger partial charge < -0.3 is 39.8 Å². The van der Waals surface area contributed by atoms with Crippen LogP contribution in [0.2, 0.25) is 0 Å². The molecule has 34 heavy (non-hydrogen) atoms. The minimum absolute atomic E-state index is 0.221. The summed E-state index contributed by atoms with van der Waals surface area (Å²) in [5.74, 6) is -1.10. The van der Waals surface area contributed by atoms with Crippen LogP contribution in [0.15, 0.2) is 15.7 Å². The maximum Gasteiger partial charge on any atom is 0.326 e. The van der Waals surface area contributed by atoms with E-state index < -0.39 is 54.4 Å². The molecule has 0 saturated carbocycles. The Kier molecular flexibility index (Phi) is 11.4. The van der Waals surface area contributed by atoms with Gasteiger partial charge in [-0.05, 0) is 12.8 Å². The third kappa shape index (κ3) is 8.33. The minimum atomic E-state index is -1.54. The van der Waals surface area contributed by atoms with Gasteiger partial charge in [0.2, 0.25) is 0 Å². The molecule has 0 aromatic carbocycles. The molecular weight excluding hydrogens is 454 g/mol. The number of nitrogens with one attached hydrogen (secondary N) is 3. The summed E-state index contributed by atoms with van der Waals surface area (Å²) in [6.07, 6.45) is 0.0825. The summed E-state index contributed by atoms with van der Waals surface area (Å²) in [6.45, 7) is -0.353. The number of amides is 1. The van der Waals surface area contributed by atoms with Gasteiger partial charge in [-0.15, -0.1) is 0 Å². The molecule has 0 spiro atoms. The molecule has 1 aromatic heterocycles. The number of carbonyl (C=O) groups excluding carboxylic acids is 2. The molecule has 0 bridgehead atoms. The zero-order valence-corrected chi connectivity index (χ0v) is 19.0. The summed E-state index contributed by atoms with van der Waals surface area (Å²) in [6, 6.07) is -0.354. The van der Waals surface area contributed by atoms with Gasteiger partial charge in [-0.2, -0.15) is 0 Å². The molecule has 0 radical (unpaired) electrons. The lowest BCUT2D eigenvalue weighted by atomic mass is 9.97. The van der Waals surface area contributed by atoms with Crippen LogP contribution in [0, 0.1) is 0 Å². The van der Waals surface area contributed by atoms with Crippen LogP contribution < -0.4 is 16.6 Å². The third-order valence-electron chi connectivity index (χ3n) is 5.47. The number of aromatic nitrogens is 2. The summed E-state index contributed by atoms with van der Waals surface area (Å²) in [5, 5.41) is 32.5. The highest BCUT2D eigenvalue weighted by Crippen LogP contribution is 2.23. The molecular formula is C21H33N3O10. The topological polar surface area (TPSA) is 200 Å². The first-order chi connectivity index (χ1) is 16.3. The van der Waals surface area contributed by atoms with E-state index in [2.05, 4.69) is 15.0 Å². The van der Waals surface area contributed by atoms with Gasteiger partial charge in [0.15, 0.2) is 6.29 Å². The normalized spacial score (nSPS) is 24.5. The fourth-order valence-corrected chi connectivity index (χ4v) is 3.58. The monoisotopic (exact) mass is 487 g/mol. The van der Waals surface area contributed by atoms with Crippen LogP contribution in [-0.2, 0) is 19.0 Å². The molecule has 1 aromatic rings. The molecule has 6 N–H and O–H groups in total. The van der Waals surface area contributed by atoms with Gasteiger partial charge in [0.05, 0.1) is 13.7 Å². The number of hydrogen-bond acceptors (Lipinski definition) is 10. The van der Waals surface area contributed by atoms with Crippen LogP contribution >= 0.6 is 0 Å². The number of methoxy groups -OCH3 is 1. The standard InChI is InChI=1S/C21H33N3O10/c1-32-15(27)8-6-4-2-3-5-7-9-33-20-16(18(29)17(28)13(11-25)34-20)24-19(30)12-10-14(26)23-21(31)22-12/h10,13,16-18,20,25,28-29H,2-9,11H2,1H3,(H,24,30)(H2,22,23,26,31)/t13?,16?,17-,18?,20+/m0/s1. The Bertz CT molecular complexity index is 873. The lowest BCUT2D eigenvalue weighted by molar-refractivity contribution is -0.269. The molecule has 1 aliphatic heterocycles. The molecule has 0 aliphatic carbocycles. The van der Waals surface area contributed by atoms with Crippen LogP contribution in [0.1, 0.15) is 55.4 Å². The Morgan fingerprint density at radius 2 is 1.74 bits per heavy atom. The van der Waals surface area contributed by atoms with Crippen molar-refractivity contribution in [3.63, 3.8) is 0 Å². The highest BCUT2D eigenvalue weighted by Gasteiger charge is 2.45. The zero-order chi connectivity index (χ0) is 25.1. The van der Waals surface area contributed by atoms with Crippen LogP contribution in [0.4, 0.5) is 0 Å². The Morgan fingerprint density at radius 1 is 1.06 bits per heavy atom. The molecule has 2 rings (SSSR count). The first-order valence-corrected chi connectivity index (χ1v) is 11.2. The van der Waals surface area contributed by atoms with E-state index in [9.17, 15) is 34.5 Å². The average molecular weight is 488 g/mol. The van der Waals surface area contributed by atoms with Crippen molar-refractivity contribution >= 4 is 11.9 Å². The van der Waals surface area contributed by atoms with Gasteiger partial charge in [-0.3, -0.25) is 19.4 Å². The molecule has 1 aliphatic rings. The second-order valence-electron chi connectivity index (χ2n) is 8.03. The van der Waals surface area contributed by atoms with E-state index >= 15 is 0 Å². The number of hydrogen-bond donors (Lipinski definition) is 6. The summed E-state index contributed by atoms with van der Waals surface area (Å²) >= 11 is 0. The molecule has 13 heteroatoms. The first-order valence-electron chi connectivity index (χ1n) is 11.2. The number of ether oxygens (including phenoxy) is 3. The van der Waals surface area contributed by atoms with Gasteiger partial charge >= 0.3 is 11.7 Å². The number of esters is 1. The van der Waals surface area contributed by atoms with Crippen molar-refractivity contribution in [3.05, 3.63) is 32.6 Å². The number of aliphatic hydroxyl groups excluding tert-OH is 3. The quantitative estimate of drug-likeness (QED) is 0.141. The second-order valence-corrected chi connectivity index (χ2v) is 8.03. The van der Waals surface area contributed by atoms with E-state index in [-0.39, 0.29) is 18.3 Å². The number of aromatic amines is 2. The van der Waals surface area contributed by atoms with Crippen molar-refractivity contribution in [1.82, 2.24) is 15.3 Å². The van der Waals surface area contributed by atoms with Crippen molar-refractivity contribution in [2.75, 3.05) is 20.3 Å². The fraction of sp³-hybridized carbons (Fsp3) is 0.714. The lowest BCUT2D eigenvalue weighted by Gasteiger charge is -2.42. The number of carbonyl (C=O) groups is 2.